The molecular formula is C21H25F2N3O2. The summed E-state index contributed by atoms with van der Waals surface area (Å²) >= 11 is 0. The molecule has 0 aliphatic heterocycles. The number of likely N-dealkylation sites (N-methyl/N-ethyl adjacent to an activating group) is 1. The van der Waals surface area contributed by atoms with Crippen molar-refractivity contribution in [2.24, 2.45) is 0 Å². The molecule has 0 radical (unpaired) electrons. The maximum Gasteiger partial charge on any atom is 0.254 e. The highest BCUT2D eigenvalue weighted by Crippen LogP contribution is 2.19. The molecule has 0 spiro atoms. The van der Waals surface area contributed by atoms with Gasteiger partial charge in [-0.25, -0.2) is 8.78 Å². The predicted molar refractivity (Wildman–Crippen MR) is 105 cm³/mol. The Morgan fingerprint density at radius 1 is 1.00 bits per heavy atom. The summed E-state index contributed by atoms with van der Waals surface area (Å²) in [5.74, 6) is -2.34. The molecule has 0 atom stereocenters. The minimum absolute atomic E-state index is 0.146. The third kappa shape index (κ3) is 5.85. The van der Waals surface area contributed by atoms with Gasteiger partial charge in [-0.3, -0.25) is 9.59 Å². The first-order valence-electron chi connectivity index (χ1n) is 8.93. The summed E-state index contributed by atoms with van der Waals surface area (Å²) in [6.45, 7) is 4.41. The van der Waals surface area contributed by atoms with Gasteiger partial charge in [-0.1, -0.05) is 12.1 Å². The van der Waals surface area contributed by atoms with Crippen LogP contribution in [0.3, 0.4) is 0 Å². The van der Waals surface area contributed by atoms with Crippen molar-refractivity contribution in [2.45, 2.75) is 20.4 Å². The lowest BCUT2D eigenvalue weighted by Gasteiger charge is -2.25. The van der Waals surface area contributed by atoms with E-state index in [1.807, 2.05) is 25.9 Å². The number of anilines is 1. The SMILES string of the molecule is CC(=O)Nc1cc(C(=O)N(CCN(C)C)Cc2ccc(F)c(F)c2)ccc1C. The monoisotopic (exact) mass is 389 g/mol. The predicted octanol–water partition coefficient (Wildman–Crippen LogP) is 3.44. The number of halogens is 2. The molecule has 2 aromatic rings. The fourth-order valence-corrected chi connectivity index (χ4v) is 2.69. The van der Waals surface area contributed by atoms with Crippen molar-refractivity contribution in [2.75, 3.05) is 32.5 Å². The van der Waals surface area contributed by atoms with Crippen LogP contribution in [0.5, 0.6) is 0 Å². The standard InChI is InChI=1S/C21H25F2N3O2/c1-14-5-7-17(12-20(14)24-15(2)27)21(28)26(10-9-25(3)4)13-16-6-8-18(22)19(23)11-16/h5-8,11-12H,9-10,13H2,1-4H3,(H,24,27). The summed E-state index contributed by atoms with van der Waals surface area (Å²) in [4.78, 5) is 28.0. The maximum atomic E-state index is 13.6. The van der Waals surface area contributed by atoms with Crippen molar-refractivity contribution >= 4 is 17.5 Å². The van der Waals surface area contributed by atoms with E-state index >= 15 is 0 Å². The fourth-order valence-electron chi connectivity index (χ4n) is 2.69. The number of amides is 2. The minimum Gasteiger partial charge on any atom is -0.333 e. The first-order valence-corrected chi connectivity index (χ1v) is 8.93. The molecule has 0 fully saturated rings. The molecule has 0 aromatic heterocycles. The van der Waals surface area contributed by atoms with Gasteiger partial charge in [0.1, 0.15) is 0 Å². The summed E-state index contributed by atoms with van der Waals surface area (Å²) in [5, 5.41) is 2.71. The Hall–Kier alpha value is -2.80. The van der Waals surface area contributed by atoms with Gasteiger partial charge in [0, 0.05) is 37.8 Å². The third-order valence-corrected chi connectivity index (χ3v) is 4.26. The van der Waals surface area contributed by atoms with Crippen LogP contribution in [0.1, 0.15) is 28.4 Å². The topological polar surface area (TPSA) is 52.7 Å². The van der Waals surface area contributed by atoms with E-state index < -0.39 is 11.6 Å². The molecule has 2 rings (SSSR count). The van der Waals surface area contributed by atoms with Gasteiger partial charge in [-0.15, -0.1) is 0 Å². The highest BCUT2D eigenvalue weighted by Gasteiger charge is 2.18. The van der Waals surface area contributed by atoms with Gasteiger partial charge >= 0.3 is 0 Å². The Morgan fingerprint density at radius 3 is 2.32 bits per heavy atom. The van der Waals surface area contributed by atoms with Gasteiger partial charge in [-0.05, 0) is 56.4 Å². The highest BCUT2D eigenvalue weighted by atomic mass is 19.2. The Labute approximate surface area is 163 Å². The molecule has 0 unspecified atom stereocenters. The van der Waals surface area contributed by atoms with E-state index in [1.54, 1.807) is 23.1 Å². The molecule has 7 heteroatoms. The molecule has 0 saturated carbocycles. The van der Waals surface area contributed by atoms with Crippen molar-refractivity contribution < 1.29 is 18.4 Å². The average molecular weight is 389 g/mol. The van der Waals surface area contributed by atoms with Crippen LogP contribution in [0, 0.1) is 18.6 Å². The van der Waals surface area contributed by atoms with Crippen molar-refractivity contribution in [1.82, 2.24) is 9.80 Å². The summed E-state index contributed by atoms with van der Waals surface area (Å²) < 4.78 is 26.8. The van der Waals surface area contributed by atoms with E-state index in [1.165, 1.54) is 13.0 Å². The van der Waals surface area contributed by atoms with Crippen molar-refractivity contribution in [3.63, 3.8) is 0 Å². The quantitative estimate of drug-likeness (QED) is 0.789. The minimum atomic E-state index is -0.944. The molecule has 1 N–H and O–H groups in total. The summed E-state index contributed by atoms with van der Waals surface area (Å²) in [6.07, 6.45) is 0. The van der Waals surface area contributed by atoms with Crippen LogP contribution in [0.25, 0.3) is 0 Å². The number of nitrogens with zero attached hydrogens (tertiary/aromatic N) is 2. The Kier molecular flexibility index (Phi) is 7.23. The van der Waals surface area contributed by atoms with E-state index in [4.69, 9.17) is 0 Å². The van der Waals surface area contributed by atoms with Crippen molar-refractivity contribution in [1.29, 1.82) is 0 Å². The van der Waals surface area contributed by atoms with Crippen LogP contribution in [0.4, 0.5) is 14.5 Å². The zero-order chi connectivity index (χ0) is 20.8. The molecule has 150 valence electrons. The number of nitrogens with one attached hydrogen (secondary N) is 1. The average Bonchev–Trinajstić information content (AvgIpc) is 2.62. The molecule has 0 saturated heterocycles. The second-order valence-electron chi connectivity index (χ2n) is 6.99. The zero-order valence-electron chi connectivity index (χ0n) is 16.6. The molecule has 0 heterocycles. The summed E-state index contributed by atoms with van der Waals surface area (Å²) in [7, 11) is 3.78. The summed E-state index contributed by atoms with van der Waals surface area (Å²) in [5.41, 5.74) is 2.32. The van der Waals surface area contributed by atoms with Crippen molar-refractivity contribution in [3.8, 4) is 0 Å². The molecule has 2 aromatic carbocycles. The number of aryl methyl sites for hydroxylation is 1. The van der Waals surface area contributed by atoms with Crippen LogP contribution < -0.4 is 5.32 Å². The maximum absolute atomic E-state index is 13.6. The molecule has 2 amide bonds. The number of carbonyl (C=O) groups excluding carboxylic acids is 2. The van der Waals surface area contributed by atoms with E-state index in [0.717, 1.165) is 17.7 Å². The molecular weight excluding hydrogens is 364 g/mol. The highest BCUT2D eigenvalue weighted by molar-refractivity contribution is 5.97. The smallest absolute Gasteiger partial charge is 0.254 e. The Balaban J connectivity index is 2.30. The molecule has 0 aliphatic carbocycles. The van der Waals surface area contributed by atoms with Gasteiger partial charge < -0.3 is 15.1 Å². The zero-order valence-corrected chi connectivity index (χ0v) is 16.6. The number of hydrogen-bond donors (Lipinski definition) is 1. The lowest BCUT2D eigenvalue weighted by atomic mass is 10.1. The van der Waals surface area contributed by atoms with E-state index in [9.17, 15) is 18.4 Å². The lowest BCUT2D eigenvalue weighted by molar-refractivity contribution is -0.114. The largest absolute Gasteiger partial charge is 0.333 e. The molecule has 0 aliphatic rings. The van der Waals surface area contributed by atoms with Gasteiger partial charge in [-0.2, -0.15) is 0 Å². The first-order chi connectivity index (χ1) is 13.2. The van der Waals surface area contributed by atoms with Crippen LogP contribution in [-0.2, 0) is 11.3 Å². The second-order valence-corrected chi connectivity index (χ2v) is 6.99. The van der Waals surface area contributed by atoms with Gasteiger partial charge in [0.25, 0.3) is 5.91 Å². The normalized spacial score (nSPS) is 10.8. The molecule has 28 heavy (non-hydrogen) atoms. The Morgan fingerprint density at radius 2 is 1.71 bits per heavy atom. The number of rotatable bonds is 7. The van der Waals surface area contributed by atoms with Crippen LogP contribution in [-0.4, -0.2) is 48.8 Å². The van der Waals surface area contributed by atoms with Crippen LogP contribution >= 0.6 is 0 Å². The number of carbonyl (C=O) groups is 2. The number of benzene rings is 2. The van der Waals surface area contributed by atoms with E-state index in [0.29, 0.717) is 29.9 Å². The van der Waals surface area contributed by atoms with E-state index in [2.05, 4.69) is 5.32 Å². The van der Waals surface area contributed by atoms with E-state index in [-0.39, 0.29) is 18.4 Å². The first kappa shape index (κ1) is 21.5. The third-order valence-electron chi connectivity index (χ3n) is 4.26. The number of hydrogen-bond acceptors (Lipinski definition) is 3. The van der Waals surface area contributed by atoms with Crippen LogP contribution in [0.15, 0.2) is 36.4 Å². The second kappa shape index (κ2) is 9.41. The molecule has 0 bridgehead atoms. The Bertz CT molecular complexity index is 869. The van der Waals surface area contributed by atoms with Crippen LogP contribution in [0.2, 0.25) is 0 Å². The lowest BCUT2D eigenvalue weighted by Crippen LogP contribution is -2.36. The molecule has 5 nitrogen and oxygen atoms in total. The van der Waals surface area contributed by atoms with Crippen molar-refractivity contribution in [3.05, 3.63) is 64.7 Å². The summed E-state index contributed by atoms with van der Waals surface area (Å²) in [6, 6.07) is 8.71. The van der Waals surface area contributed by atoms with Gasteiger partial charge in [0.05, 0.1) is 0 Å². The fraction of sp³-hybridized carbons (Fsp3) is 0.333. The van der Waals surface area contributed by atoms with Gasteiger partial charge in [0.15, 0.2) is 11.6 Å². The van der Waals surface area contributed by atoms with Gasteiger partial charge in [0.2, 0.25) is 5.91 Å².